The van der Waals surface area contributed by atoms with Crippen LogP contribution in [0.25, 0.3) is 0 Å². The van der Waals surface area contributed by atoms with E-state index in [0.29, 0.717) is 0 Å². The van der Waals surface area contributed by atoms with Crippen molar-refractivity contribution in [1.82, 2.24) is 0 Å². The highest BCUT2D eigenvalue weighted by molar-refractivity contribution is 6.30. The van der Waals surface area contributed by atoms with Gasteiger partial charge in [-0.1, -0.05) is 30.3 Å². The summed E-state index contributed by atoms with van der Waals surface area (Å²) in [5.41, 5.74) is 3.06. The number of hydrogen-bond acceptors (Lipinski definition) is 1. The molecule has 1 aromatic carbocycles. The van der Waals surface area contributed by atoms with Crippen molar-refractivity contribution in [1.29, 1.82) is 0 Å². The molecule has 0 heterocycles. The third-order valence-electron chi connectivity index (χ3n) is 1.95. The molecule has 0 atom stereocenters. The van der Waals surface area contributed by atoms with Crippen LogP contribution in [0.1, 0.15) is 6.92 Å². The number of nitrogens with one attached hydrogen (secondary N) is 1. The molecule has 1 aromatic rings. The maximum absolute atomic E-state index is 5.77. The van der Waals surface area contributed by atoms with E-state index >= 15 is 0 Å². The minimum Gasteiger partial charge on any atom is -0.381 e. The third-order valence-corrected chi connectivity index (χ3v) is 2.21. The molecule has 0 bridgehead atoms. The van der Waals surface area contributed by atoms with Crippen LogP contribution < -0.4 is 5.32 Å². The minimum atomic E-state index is 0.719. The molecule has 2 heteroatoms. The van der Waals surface area contributed by atoms with Crippen LogP contribution in [0.15, 0.2) is 48.6 Å². The maximum Gasteiger partial charge on any atom is 0.0407 e. The topological polar surface area (TPSA) is 12.0 Å². The molecule has 0 aliphatic heterocycles. The summed E-state index contributed by atoms with van der Waals surface area (Å²) in [4.78, 5) is 0. The summed E-state index contributed by atoms with van der Waals surface area (Å²) in [5.74, 6) is 0. The molecule has 0 radical (unpaired) electrons. The first-order valence-corrected chi connectivity index (χ1v) is 4.80. The zero-order chi connectivity index (χ0) is 10.6. The fraction of sp³-hybridized carbons (Fsp3) is 0.167. The average molecular weight is 208 g/mol. The van der Waals surface area contributed by atoms with Gasteiger partial charge in [-0.3, -0.25) is 0 Å². The number of benzene rings is 1. The van der Waals surface area contributed by atoms with E-state index in [1.165, 1.54) is 0 Å². The van der Waals surface area contributed by atoms with Gasteiger partial charge in [-0.05, 0) is 36.8 Å². The van der Waals surface area contributed by atoms with E-state index < -0.39 is 0 Å². The van der Waals surface area contributed by atoms with Crippen LogP contribution in [0.2, 0.25) is 5.02 Å². The lowest BCUT2D eigenvalue weighted by Gasteiger charge is -2.08. The Morgan fingerprint density at radius 2 is 1.86 bits per heavy atom. The van der Waals surface area contributed by atoms with Crippen molar-refractivity contribution < 1.29 is 0 Å². The van der Waals surface area contributed by atoms with Crippen molar-refractivity contribution in [2.24, 2.45) is 0 Å². The second-order valence-electron chi connectivity index (χ2n) is 3.24. The average Bonchev–Trinajstić information content (AvgIpc) is 2.16. The summed E-state index contributed by atoms with van der Waals surface area (Å²) in [7, 11) is 0. The largest absolute Gasteiger partial charge is 0.381 e. The van der Waals surface area contributed by atoms with Gasteiger partial charge in [-0.2, -0.15) is 0 Å². The molecular weight excluding hydrogens is 194 g/mol. The number of anilines is 1. The first kappa shape index (κ1) is 10.9. The van der Waals surface area contributed by atoms with Crippen molar-refractivity contribution in [2.45, 2.75) is 6.92 Å². The highest BCUT2D eigenvalue weighted by atomic mass is 35.5. The van der Waals surface area contributed by atoms with Crippen LogP contribution in [-0.4, -0.2) is 6.54 Å². The predicted octanol–water partition coefficient (Wildman–Crippen LogP) is 3.88. The van der Waals surface area contributed by atoms with Gasteiger partial charge in [0.05, 0.1) is 0 Å². The van der Waals surface area contributed by atoms with Crippen LogP contribution in [0, 0.1) is 0 Å². The van der Waals surface area contributed by atoms with Crippen molar-refractivity contribution in [2.75, 3.05) is 11.9 Å². The fourth-order valence-corrected chi connectivity index (χ4v) is 1.05. The molecule has 1 N–H and O–H groups in total. The van der Waals surface area contributed by atoms with E-state index in [1.807, 2.05) is 31.2 Å². The molecule has 74 valence electrons. The van der Waals surface area contributed by atoms with Crippen LogP contribution in [0.4, 0.5) is 5.69 Å². The monoisotopic (exact) mass is 207 g/mol. The summed E-state index contributed by atoms with van der Waals surface area (Å²) < 4.78 is 0. The molecule has 0 amide bonds. The van der Waals surface area contributed by atoms with Crippen LogP contribution >= 0.6 is 11.6 Å². The van der Waals surface area contributed by atoms with Gasteiger partial charge in [0.25, 0.3) is 0 Å². The Hall–Kier alpha value is -1.21. The highest BCUT2D eigenvalue weighted by Gasteiger charge is 1.95. The molecule has 0 aliphatic carbocycles. The van der Waals surface area contributed by atoms with Crippen molar-refractivity contribution >= 4 is 17.3 Å². The van der Waals surface area contributed by atoms with Gasteiger partial charge in [0.2, 0.25) is 0 Å². The summed E-state index contributed by atoms with van der Waals surface area (Å²) in [6.45, 7) is 10.4. The van der Waals surface area contributed by atoms with Gasteiger partial charge in [-0.15, -0.1) is 0 Å². The molecule has 0 saturated carbocycles. The Kier molecular flexibility index (Phi) is 3.78. The van der Waals surface area contributed by atoms with Crippen molar-refractivity contribution in [3.05, 3.63) is 53.6 Å². The Bertz CT molecular complexity index is 338. The summed E-state index contributed by atoms with van der Waals surface area (Å²) in [5, 5.41) is 3.98. The fourth-order valence-electron chi connectivity index (χ4n) is 0.927. The lowest BCUT2D eigenvalue weighted by Crippen LogP contribution is -2.04. The molecule has 14 heavy (non-hydrogen) atoms. The van der Waals surface area contributed by atoms with E-state index in [1.54, 1.807) is 0 Å². The van der Waals surface area contributed by atoms with Gasteiger partial charge >= 0.3 is 0 Å². The normalized spacial score (nSPS) is 9.57. The molecule has 1 rings (SSSR count). The van der Waals surface area contributed by atoms with Gasteiger partial charge in [0.1, 0.15) is 0 Å². The van der Waals surface area contributed by atoms with Gasteiger partial charge in [0, 0.05) is 17.3 Å². The predicted molar refractivity (Wildman–Crippen MR) is 63.9 cm³/mol. The second-order valence-corrected chi connectivity index (χ2v) is 3.68. The zero-order valence-corrected chi connectivity index (χ0v) is 9.06. The number of rotatable bonds is 4. The first-order valence-electron chi connectivity index (χ1n) is 4.42. The van der Waals surface area contributed by atoms with Gasteiger partial charge in [0.15, 0.2) is 0 Å². The number of hydrogen-bond donors (Lipinski definition) is 1. The first-order chi connectivity index (χ1) is 6.59. The van der Waals surface area contributed by atoms with Crippen molar-refractivity contribution in [3.63, 3.8) is 0 Å². The smallest absolute Gasteiger partial charge is 0.0407 e. The Balaban J connectivity index is 2.50. The lowest BCUT2D eigenvalue weighted by molar-refractivity contribution is 1.22. The summed E-state index contributed by atoms with van der Waals surface area (Å²) in [6.07, 6.45) is 0. The molecule has 0 fully saturated rings. The Morgan fingerprint density at radius 1 is 1.29 bits per heavy atom. The van der Waals surface area contributed by atoms with Gasteiger partial charge < -0.3 is 5.32 Å². The lowest BCUT2D eigenvalue weighted by atomic mass is 10.1. The molecule has 0 aliphatic rings. The number of halogens is 1. The summed E-state index contributed by atoms with van der Waals surface area (Å²) in [6, 6.07) is 7.59. The molecule has 0 spiro atoms. The molecule has 0 aromatic heterocycles. The standard InChI is InChI=1S/C12H14ClN/c1-9(2)10(3)8-14-12-6-4-11(13)5-7-12/h4-7,14H,1,3,8H2,2H3. The van der Waals surface area contributed by atoms with E-state index in [2.05, 4.69) is 18.5 Å². The highest BCUT2D eigenvalue weighted by Crippen LogP contribution is 2.14. The van der Waals surface area contributed by atoms with Crippen LogP contribution in [0.3, 0.4) is 0 Å². The van der Waals surface area contributed by atoms with E-state index in [4.69, 9.17) is 11.6 Å². The summed E-state index contributed by atoms with van der Waals surface area (Å²) >= 11 is 5.77. The maximum atomic E-state index is 5.77. The Morgan fingerprint density at radius 3 is 2.36 bits per heavy atom. The Labute approximate surface area is 90.1 Å². The van der Waals surface area contributed by atoms with Crippen LogP contribution in [-0.2, 0) is 0 Å². The minimum absolute atomic E-state index is 0.719. The molecule has 0 unspecified atom stereocenters. The zero-order valence-electron chi connectivity index (χ0n) is 8.31. The second kappa shape index (κ2) is 4.87. The van der Waals surface area contributed by atoms with Crippen LogP contribution in [0.5, 0.6) is 0 Å². The van der Waals surface area contributed by atoms with Crippen molar-refractivity contribution in [3.8, 4) is 0 Å². The third kappa shape index (κ3) is 3.27. The van der Waals surface area contributed by atoms with E-state index in [-0.39, 0.29) is 0 Å². The quantitative estimate of drug-likeness (QED) is 0.739. The molecule has 1 nitrogen and oxygen atoms in total. The van der Waals surface area contributed by atoms with E-state index in [0.717, 1.165) is 28.4 Å². The molecule has 0 saturated heterocycles. The van der Waals surface area contributed by atoms with Gasteiger partial charge in [-0.25, -0.2) is 0 Å². The van der Waals surface area contributed by atoms with E-state index in [9.17, 15) is 0 Å². The SMILES string of the molecule is C=C(C)C(=C)CNc1ccc(Cl)cc1. The molecular formula is C12H14ClN.